The molecule has 2 rings (SSSR count). The smallest absolute Gasteiger partial charge is 0.148 e. The Morgan fingerprint density at radius 1 is 1.20 bits per heavy atom. The molecule has 6 heteroatoms. The predicted molar refractivity (Wildman–Crippen MR) is 79.4 cm³/mol. The minimum atomic E-state index is -0.610. The van der Waals surface area contributed by atoms with E-state index < -0.39 is 11.9 Å². The van der Waals surface area contributed by atoms with Crippen molar-refractivity contribution in [2.45, 2.75) is 13.0 Å². The van der Waals surface area contributed by atoms with Crippen molar-refractivity contribution in [3.8, 4) is 0 Å². The van der Waals surface area contributed by atoms with Crippen LogP contribution in [0.1, 0.15) is 22.7 Å². The first-order chi connectivity index (χ1) is 9.45. The molecule has 20 heavy (non-hydrogen) atoms. The van der Waals surface area contributed by atoms with Gasteiger partial charge in [-0.1, -0.05) is 23.7 Å². The number of rotatable bonds is 3. The van der Waals surface area contributed by atoms with E-state index in [-0.39, 0.29) is 10.8 Å². The number of hydrogen-bond acceptors (Lipinski definition) is 2. The summed E-state index contributed by atoms with van der Waals surface area (Å²) >= 11 is 9.04. The van der Waals surface area contributed by atoms with Crippen LogP contribution in [0.5, 0.6) is 0 Å². The van der Waals surface area contributed by atoms with Gasteiger partial charge in [-0.15, -0.1) is 0 Å². The summed E-state index contributed by atoms with van der Waals surface area (Å²) in [5.74, 6) is 4.62. The standard InChI is InChI=1S/C14H12BrClF2N2/c1-7-6-8(17)2-3-9(7)14(20-19)10-4-5-11(15)12(16)13(10)18/h2-6,14,20H,19H2,1H3. The van der Waals surface area contributed by atoms with Gasteiger partial charge in [0.05, 0.1) is 11.1 Å². The lowest BCUT2D eigenvalue weighted by Crippen LogP contribution is -2.30. The minimum Gasteiger partial charge on any atom is -0.271 e. The van der Waals surface area contributed by atoms with Crippen LogP contribution in [-0.2, 0) is 0 Å². The lowest BCUT2D eigenvalue weighted by molar-refractivity contribution is 0.557. The molecule has 2 aromatic rings. The SMILES string of the molecule is Cc1cc(F)ccc1C(NN)c1ccc(Br)c(Cl)c1F. The quantitative estimate of drug-likeness (QED) is 0.487. The van der Waals surface area contributed by atoms with E-state index in [9.17, 15) is 8.78 Å². The number of nitrogens with one attached hydrogen (secondary N) is 1. The largest absolute Gasteiger partial charge is 0.271 e. The molecule has 106 valence electrons. The summed E-state index contributed by atoms with van der Waals surface area (Å²) in [5.41, 5.74) is 4.21. The molecule has 0 saturated carbocycles. The summed E-state index contributed by atoms with van der Waals surface area (Å²) < 4.78 is 27.9. The van der Waals surface area contributed by atoms with Crippen LogP contribution in [0, 0.1) is 18.6 Å². The van der Waals surface area contributed by atoms with Gasteiger partial charge >= 0.3 is 0 Å². The van der Waals surface area contributed by atoms with E-state index in [1.54, 1.807) is 25.1 Å². The highest BCUT2D eigenvalue weighted by molar-refractivity contribution is 9.10. The molecule has 0 heterocycles. The van der Waals surface area contributed by atoms with Crippen molar-refractivity contribution in [1.29, 1.82) is 0 Å². The van der Waals surface area contributed by atoms with Crippen molar-refractivity contribution in [2.24, 2.45) is 5.84 Å². The van der Waals surface area contributed by atoms with Gasteiger partial charge in [-0.25, -0.2) is 14.2 Å². The highest BCUT2D eigenvalue weighted by Crippen LogP contribution is 2.33. The molecule has 3 N–H and O–H groups in total. The van der Waals surface area contributed by atoms with Crippen LogP contribution in [0.4, 0.5) is 8.78 Å². The molecule has 0 radical (unpaired) electrons. The number of nitrogens with two attached hydrogens (primary N) is 1. The zero-order valence-corrected chi connectivity index (χ0v) is 12.9. The first-order valence-corrected chi connectivity index (χ1v) is 6.98. The third-order valence-corrected chi connectivity index (χ3v) is 4.34. The summed E-state index contributed by atoms with van der Waals surface area (Å²) in [7, 11) is 0. The maximum absolute atomic E-state index is 14.3. The van der Waals surface area contributed by atoms with Gasteiger partial charge in [0.15, 0.2) is 0 Å². The molecule has 0 fully saturated rings. The van der Waals surface area contributed by atoms with E-state index in [2.05, 4.69) is 21.4 Å². The fourth-order valence-corrected chi connectivity index (χ4v) is 2.55. The first-order valence-electron chi connectivity index (χ1n) is 5.81. The number of hydrazine groups is 1. The summed E-state index contributed by atoms with van der Waals surface area (Å²) in [5, 5.41) is -0.0116. The number of aryl methyl sites for hydroxylation is 1. The fraction of sp³-hybridized carbons (Fsp3) is 0.143. The summed E-state index contributed by atoms with van der Waals surface area (Å²) in [4.78, 5) is 0. The second kappa shape index (κ2) is 6.18. The Morgan fingerprint density at radius 2 is 1.85 bits per heavy atom. The molecular formula is C14H12BrClF2N2. The van der Waals surface area contributed by atoms with Gasteiger partial charge in [0.1, 0.15) is 11.6 Å². The second-order valence-electron chi connectivity index (χ2n) is 4.37. The molecule has 0 amide bonds. The molecule has 0 aromatic heterocycles. The van der Waals surface area contributed by atoms with Crippen molar-refractivity contribution in [3.63, 3.8) is 0 Å². The lowest BCUT2D eigenvalue weighted by Gasteiger charge is -2.20. The zero-order valence-electron chi connectivity index (χ0n) is 10.6. The molecule has 0 aliphatic rings. The van der Waals surface area contributed by atoms with Crippen LogP contribution < -0.4 is 11.3 Å². The van der Waals surface area contributed by atoms with Crippen molar-refractivity contribution in [1.82, 2.24) is 5.43 Å². The van der Waals surface area contributed by atoms with Crippen molar-refractivity contribution in [3.05, 3.63) is 68.2 Å². The normalized spacial score (nSPS) is 12.5. The van der Waals surface area contributed by atoms with Crippen LogP contribution >= 0.6 is 27.5 Å². The molecule has 2 aromatic carbocycles. The predicted octanol–water partition coefficient (Wildman–Crippen LogP) is 4.24. The Morgan fingerprint density at radius 3 is 2.45 bits per heavy atom. The van der Waals surface area contributed by atoms with Crippen LogP contribution in [0.3, 0.4) is 0 Å². The van der Waals surface area contributed by atoms with Gasteiger partial charge < -0.3 is 0 Å². The van der Waals surface area contributed by atoms with Gasteiger partial charge in [0.2, 0.25) is 0 Å². The first kappa shape index (κ1) is 15.4. The molecule has 1 atom stereocenters. The fourth-order valence-electron chi connectivity index (χ4n) is 2.07. The second-order valence-corrected chi connectivity index (χ2v) is 5.60. The van der Waals surface area contributed by atoms with Crippen LogP contribution in [0.15, 0.2) is 34.8 Å². The van der Waals surface area contributed by atoms with E-state index in [1.165, 1.54) is 12.1 Å². The Hall–Kier alpha value is -1.01. The van der Waals surface area contributed by atoms with Gasteiger partial charge in [0.25, 0.3) is 0 Å². The van der Waals surface area contributed by atoms with Gasteiger partial charge in [-0.2, -0.15) is 0 Å². The average Bonchev–Trinajstić information content (AvgIpc) is 2.41. The van der Waals surface area contributed by atoms with Gasteiger partial charge in [-0.3, -0.25) is 5.84 Å². The van der Waals surface area contributed by atoms with E-state index in [0.29, 0.717) is 21.2 Å². The monoisotopic (exact) mass is 360 g/mol. The topological polar surface area (TPSA) is 38.0 Å². The lowest BCUT2D eigenvalue weighted by atomic mass is 9.95. The maximum atomic E-state index is 14.3. The van der Waals surface area contributed by atoms with E-state index in [0.717, 1.165) is 0 Å². The van der Waals surface area contributed by atoms with Crippen LogP contribution in [-0.4, -0.2) is 0 Å². The highest BCUT2D eigenvalue weighted by Gasteiger charge is 2.21. The number of hydrogen-bond donors (Lipinski definition) is 2. The maximum Gasteiger partial charge on any atom is 0.148 e. The van der Waals surface area contributed by atoms with Gasteiger partial charge in [-0.05, 0) is 52.2 Å². The molecular weight excluding hydrogens is 350 g/mol. The molecule has 1 unspecified atom stereocenters. The Labute approximate surface area is 129 Å². The highest BCUT2D eigenvalue weighted by atomic mass is 79.9. The van der Waals surface area contributed by atoms with Crippen molar-refractivity contribution >= 4 is 27.5 Å². The Balaban J connectivity index is 2.55. The Kier molecular flexibility index (Phi) is 4.75. The number of benzene rings is 2. The van der Waals surface area contributed by atoms with Gasteiger partial charge in [0, 0.05) is 10.0 Å². The van der Waals surface area contributed by atoms with E-state index in [4.69, 9.17) is 17.4 Å². The summed E-state index contributed by atoms with van der Waals surface area (Å²) in [6.45, 7) is 1.74. The van der Waals surface area contributed by atoms with E-state index >= 15 is 0 Å². The molecule has 0 aliphatic heterocycles. The summed E-state index contributed by atoms with van der Waals surface area (Å²) in [6.07, 6.45) is 0. The minimum absolute atomic E-state index is 0.0116. The summed E-state index contributed by atoms with van der Waals surface area (Å²) in [6, 6.07) is 6.87. The van der Waals surface area contributed by atoms with E-state index in [1.807, 2.05) is 0 Å². The van der Waals surface area contributed by atoms with Crippen LogP contribution in [0.2, 0.25) is 5.02 Å². The molecule has 0 saturated heterocycles. The van der Waals surface area contributed by atoms with Crippen LogP contribution in [0.25, 0.3) is 0 Å². The third-order valence-electron chi connectivity index (χ3n) is 3.09. The van der Waals surface area contributed by atoms with Crippen molar-refractivity contribution < 1.29 is 8.78 Å². The van der Waals surface area contributed by atoms with Crippen molar-refractivity contribution in [2.75, 3.05) is 0 Å². The zero-order chi connectivity index (χ0) is 14.9. The molecule has 0 aliphatic carbocycles. The number of halogens is 4. The molecule has 0 spiro atoms. The third kappa shape index (κ3) is 2.86. The Bertz CT molecular complexity index is 649. The molecule has 2 nitrogen and oxygen atoms in total. The molecule has 0 bridgehead atoms. The average molecular weight is 362 g/mol.